The molecule has 2 atom stereocenters. The lowest BCUT2D eigenvalue weighted by molar-refractivity contribution is 0.259. The van der Waals surface area contributed by atoms with Crippen LogP contribution in [-0.2, 0) is 9.84 Å². The molecule has 1 aliphatic heterocycles. The van der Waals surface area contributed by atoms with E-state index in [2.05, 4.69) is 19.2 Å². The van der Waals surface area contributed by atoms with Crippen LogP contribution in [0.2, 0.25) is 0 Å². The molecule has 0 aliphatic carbocycles. The molecule has 4 nitrogen and oxygen atoms in total. The minimum Gasteiger partial charge on any atom is -0.330 e. The van der Waals surface area contributed by atoms with Crippen molar-refractivity contribution < 1.29 is 8.42 Å². The minimum atomic E-state index is -2.83. The minimum absolute atomic E-state index is 0.0648. The molecular formula is C11H24N2O2S. The number of sulfone groups is 1. The molecule has 0 aromatic rings. The van der Waals surface area contributed by atoms with Gasteiger partial charge in [0.1, 0.15) is 0 Å². The molecule has 1 fully saturated rings. The first kappa shape index (κ1) is 13.9. The molecule has 0 radical (unpaired) electrons. The average molecular weight is 248 g/mol. The van der Waals surface area contributed by atoms with Crippen molar-refractivity contribution in [1.29, 1.82) is 0 Å². The molecule has 5 heteroatoms. The largest absolute Gasteiger partial charge is 0.330 e. The summed E-state index contributed by atoms with van der Waals surface area (Å²) in [4.78, 5) is 0. The summed E-state index contributed by atoms with van der Waals surface area (Å²) in [6.07, 6.45) is 1.71. The van der Waals surface area contributed by atoms with E-state index in [-0.39, 0.29) is 16.7 Å². The van der Waals surface area contributed by atoms with Crippen LogP contribution in [0.15, 0.2) is 0 Å². The third-order valence-electron chi connectivity index (χ3n) is 3.79. The Balaban J connectivity index is 2.56. The molecule has 0 aromatic heterocycles. The van der Waals surface area contributed by atoms with Crippen LogP contribution in [0.1, 0.15) is 33.6 Å². The van der Waals surface area contributed by atoms with Gasteiger partial charge < -0.3 is 11.1 Å². The highest BCUT2D eigenvalue weighted by Gasteiger charge is 2.39. The fourth-order valence-electron chi connectivity index (χ4n) is 1.92. The van der Waals surface area contributed by atoms with Crippen LogP contribution >= 0.6 is 0 Å². The molecule has 0 spiro atoms. The molecule has 1 aliphatic rings. The number of hydrogen-bond acceptors (Lipinski definition) is 4. The van der Waals surface area contributed by atoms with Crippen molar-refractivity contribution in [3.8, 4) is 0 Å². The molecule has 1 heterocycles. The predicted molar refractivity (Wildman–Crippen MR) is 67.1 cm³/mol. The first-order chi connectivity index (χ1) is 7.24. The summed E-state index contributed by atoms with van der Waals surface area (Å²) < 4.78 is 22.9. The Morgan fingerprint density at radius 2 is 2.12 bits per heavy atom. The lowest BCUT2D eigenvalue weighted by Crippen LogP contribution is -2.49. The average Bonchev–Trinajstić information content (AvgIpc) is 2.51. The zero-order valence-corrected chi connectivity index (χ0v) is 11.4. The molecule has 0 aromatic carbocycles. The second-order valence-electron chi connectivity index (χ2n) is 5.62. The number of nitrogens with one attached hydrogen (secondary N) is 1. The van der Waals surface area contributed by atoms with Gasteiger partial charge in [0, 0.05) is 12.1 Å². The lowest BCUT2D eigenvalue weighted by atomic mass is 9.86. The molecule has 0 bridgehead atoms. The van der Waals surface area contributed by atoms with E-state index in [1.165, 1.54) is 0 Å². The van der Waals surface area contributed by atoms with Crippen molar-refractivity contribution in [3.05, 3.63) is 0 Å². The van der Waals surface area contributed by atoms with E-state index in [0.29, 0.717) is 18.7 Å². The van der Waals surface area contributed by atoms with Gasteiger partial charge in [-0.15, -0.1) is 0 Å². The van der Waals surface area contributed by atoms with Crippen LogP contribution in [-0.4, -0.2) is 38.6 Å². The third-order valence-corrected chi connectivity index (χ3v) is 5.69. The molecule has 0 saturated carbocycles. The summed E-state index contributed by atoms with van der Waals surface area (Å²) in [5.74, 6) is 0.562. The summed E-state index contributed by atoms with van der Waals surface area (Å²) in [5, 5.41) is 3.40. The molecule has 2 unspecified atom stereocenters. The highest BCUT2D eigenvalue weighted by molar-refractivity contribution is 7.91. The smallest absolute Gasteiger partial charge is 0.152 e. The Bertz CT molecular complexity index is 336. The van der Waals surface area contributed by atoms with Crippen molar-refractivity contribution in [2.24, 2.45) is 11.1 Å². The summed E-state index contributed by atoms with van der Waals surface area (Å²) in [7, 11) is -2.83. The van der Waals surface area contributed by atoms with Crippen LogP contribution in [0, 0.1) is 5.41 Å². The van der Waals surface area contributed by atoms with Crippen molar-refractivity contribution in [3.63, 3.8) is 0 Å². The monoisotopic (exact) mass is 248 g/mol. The van der Waals surface area contributed by atoms with Gasteiger partial charge in [0.05, 0.1) is 11.5 Å². The molecule has 1 saturated heterocycles. The van der Waals surface area contributed by atoms with E-state index < -0.39 is 9.84 Å². The van der Waals surface area contributed by atoms with Crippen molar-refractivity contribution in [2.75, 3.05) is 24.6 Å². The van der Waals surface area contributed by atoms with Crippen molar-refractivity contribution in [2.45, 2.75) is 39.2 Å². The second kappa shape index (κ2) is 4.63. The summed E-state index contributed by atoms with van der Waals surface area (Å²) >= 11 is 0. The fourth-order valence-corrected chi connectivity index (χ4v) is 4.04. The summed E-state index contributed by atoms with van der Waals surface area (Å²) in [6.45, 7) is 7.64. The maximum Gasteiger partial charge on any atom is 0.152 e. The Labute approximate surface area is 98.9 Å². The first-order valence-electron chi connectivity index (χ1n) is 5.90. The topological polar surface area (TPSA) is 72.2 Å². The van der Waals surface area contributed by atoms with Crippen molar-refractivity contribution >= 4 is 9.84 Å². The normalized spacial score (nSPS) is 32.5. The van der Waals surface area contributed by atoms with E-state index in [1.807, 2.05) is 6.92 Å². The maximum atomic E-state index is 11.4. The standard InChI is InChI=1S/C11H24N2O2S/c1-4-10(2,7-12)8-13-11(3)5-6-16(14,15)9-11/h13H,4-9,12H2,1-3H3. The van der Waals surface area contributed by atoms with E-state index >= 15 is 0 Å². The van der Waals surface area contributed by atoms with Crippen LogP contribution in [0.5, 0.6) is 0 Å². The molecule has 96 valence electrons. The van der Waals surface area contributed by atoms with Gasteiger partial charge in [0.2, 0.25) is 0 Å². The predicted octanol–water partition coefficient (Wildman–Crippen LogP) is 0.528. The van der Waals surface area contributed by atoms with Gasteiger partial charge in [0.25, 0.3) is 0 Å². The SMILES string of the molecule is CCC(C)(CN)CNC1(C)CCS(=O)(=O)C1. The first-order valence-corrected chi connectivity index (χ1v) is 7.72. The van der Waals surface area contributed by atoms with E-state index in [1.54, 1.807) is 0 Å². The van der Waals surface area contributed by atoms with Crippen LogP contribution in [0.3, 0.4) is 0 Å². The summed E-state index contributed by atoms with van der Waals surface area (Å²) in [5.41, 5.74) is 5.55. The number of rotatable bonds is 5. The van der Waals surface area contributed by atoms with Gasteiger partial charge >= 0.3 is 0 Å². The van der Waals surface area contributed by atoms with E-state index in [0.717, 1.165) is 13.0 Å². The van der Waals surface area contributed by atoms with Crippen LogP contribution in [0.25, 0.3) is 0 Å². The molecular weight excluding hydrogens is 224 g/mol. The Kier molecular flexibility index (Phi) is 4.03. The van der Waals surface area contributed by atoms with Gasteiger partial charge in [-0.1, -0.05) is 13.8 Å². The zero-order valence-electron chi connectivity index (χ0n) is 10.5. The molecule has 16 heavy (non-hydrogen) atoms. The molecule has 1 rings (SSSR count). The van der Waals surface area contributed by atoms with E-state index in [9.17, 15) is 8.42 Å². The fraction of sp³-hybridized carbons (Fsp3) is 1.00. The molecule has 3 N–H and O–H groups in total. The van der Waals surface area contributed by atoms with Gasteiger partial charge in [-0.05, 0) is 31.7 Å². The highest BCUT2D eigenvalue weighted by Crippen LogP contribution is 2.25. The van der Waals surface area contributed by atoms with Gasteiger partial charge in [-0.3, -0.25) is 0 Å². The Morgan fingerprint density at radius 1 is 1.50 bits per heavy atom. The van der Waals surface area contributed by atoms with Gasteiger partial charge in [-0.25, -0.2) is 8.42 Å². The van der Waals surface area contributed by atoms with Crippen LogP contribution < -0.4 is 11.1 Å². The Morgan fingerprint density at radius 3 is 2.50 bits per heavy atom. The van der Waals surface area contributed by atoms with Gasteiger partial charge in [-0.2, -0.15) is 0 Å². The second-order valence-corrected chi connectivity index (χ2v) is 7.81. The highest BCUT2D eigenvalue weighted by atomic mass is 32.2. The van der Waals surface area contributed by atoms with Crippen LogP contribution in [0.4, 0.5) is 0 Å². The van der Waals surface area contributed by atoms with E-state index in [4.69, 9.17) is 5.73 Å². The Hall–Kier alpha value is -0.130. The number of hydrogen-bond donors (Lipinski definition) is 2. The van der Waals surface area contributed by atoms with Crippen molar-refractivity contribution in [1.82, 2.24) is 5.32 Å². The molecule has 0 amide bonds. The lowest BCUT2D eigenvalue weighted by Gasteiger charge is -2.33. The number of nitrogens with two attached hydrogens (primary N) is 1. The quantitative estimate of drug-likeness (QED) is 0.744. The third kappa shape index (κ3) is 3.43. The zero-order chi connectivity index (χ0) is 12.4. The van der Waals surface area contributed by atoms with Gasteiger partial charge in [0.15, 0.2) is 9.84 Å². The maximum absolute atomic E-state index is 11.4. The summed E-state index contributed by atoms with van der Waals surface area (Å²) in [6, 6.07) is 0.